The van der Waals surface area contributed by atoms with Crippen molar-refractivity contribution >= 4 is 16.1 Å². The summed E-state index contributed by atoms with van der Waals surface area (Å²) < 4.78 is 42.2. The molecule has 2 aromatic rings. The molecular formula is C21H27FN2O4S. The minimum Gasteiger partial charge on any atom is -0.382 e. The highest BCUT2D eigenvalue weighted by molar-refractivity contribution is 7.87. The van der Waals surface area contributed by atoms with Gasteiger partial charge in [-0.2, -0.15) is 8.42 Å². The fraction of sp³-hybridized carbons (Fsp3) is 0.381. The Morgan fingerprint density at radius 1 is 1.07 bits per heavy atom. The summed E-state index contributed by atoms with van der Waals surface area (Å²) in [4.78, 5) is 14.4. The zero-order valence-electron chi connectivity index (χ0n) is 17.1. The monoisotopic (exact) mass is 422 g/mol. The van der Waals surface area contributed by atoms with Crippen molar-refractivity contribution in [1.29, 1.82) is 0 Å². The van der Waals surface area contributed by atoms with Gasteiger partial charge in [0.2, 0.25) is 0 Å². The van der Waals surface area contributed by atoms with Crippen molar-refractivity contribution in [3.63, 3.8) is 0 Å². The molecular weight excluding hydrogens is 395 g/mol. The molecule has 0 aromatic heterocycles. The molecule has 0 unspecified atom stereocenters. The number of urea groups is 1. The number of hydrogen-bond acceptors (Lipinski definition) is 4. The van der Waals surface area contributed by atoms with Crippen LogP contribution < -0.4 is 9.50 Å². The predicted octanol–water partition coefficient (Wildman–Crippen LogP) is 4.06. The average Bonchev–Trinajstić information content (AvgIpc) is 2.63. The summed E-state index contributed by atoms with van der Waals surface area (Å²) in [5, 5.41) is 2.90. The van der Waals surface area contributed by atoms with Crippen LogP contribution >= 0.6 is 0 Å². The minimum atomic E-state index is -3.70. The number of para-hydroxylation sites is 1. The summed E-state index contributed by atoms with van der Waals surface area (Å²) in [6, 6.07) is 12.2. The smallest absolute Gasteiger partial charge is 0.318 e. The number of nitrogens with zero attached hydrogens (tertiary/aromatic N) is 1. The normalized spacial score (nSPS) is 11.8. The Morgan fingerprint density at radius 3 is 2.28 bits per heavy atom. The number of nitrogens with one attached hydrogen (secondary N) is 1. The molecule has 8 heteroatoms. The zero-order chi connectivity index (χ0) is 21.7. The first-order valence-corrected chi connectivity index (χ1v) is 10.9. The predicted molar refractivity (Wildman–Crippen MR) is 110 cm³/mol. The SMILES string of the molecule is CCS(=O)(=O)Oc1ccccc1CN(Cc1ccc(F)cc1)C(=O)NC(C)(C)C. The van der Waals surface area contributed by atoms with E-state index in [-0.39, 0.29) is 36.4 Å². The van der Waals surface area contributed by atoms with Crippen LogP contribution in [0.4, 0.5) is 9.18 Å². The van der Waals surface area contributed by atoms with Gasteiger partial charge >= 0.3 is 16.1 Å². The van der Waals surface area contributed by atoms with Gasteiger partial charge in [-0.15, -0.1) is 0 Å². The fourth-order valence-electron chi connectivity index (χ4n) is 2.53. The Bertz CT molecular complexity index is 938. The van der Waals surface area contributed by atoms with Crippen LogP contribution in [0.1, 0.15) is 38.8 Å². The molecule has 0 aliphatic heterocycles. The summed E-state index contributed by atoms with van der Waals surface area (Å²) in [6.07, 6.45) is 0. The third-order valence-corrected chi connectivity index (χ3v) is 5.10. The molecule has 0 fully saturated rings. The topological polar surface area (TPSA) is 75.7 Å². The molecule has 0 saturated carbocycles. The van der Waals surface area contributed by atoms with E-state index in [1.807, 2.05) is 20.8 Å². The first-order chi connectivity index (χ1) is 13.5. The molecule has 0 aliphatic carbocycles. The summed E-state index contributed by atoms with van der Waals surface area (Å²) >= 11 is 0. The van der Waals surface area contributed by atoms with E-state index in [0.29, 0.717) is 5.56 Å². The Kier molecular flexibility index (Phi) is 7.24. The van der Waals surface area contributed by atoms with E-state index in [2.05, 4.69) is 5.32 Å². The third kappa shape index (κ3) is 7.38. The molecule has 0 radical (unpaired) electrons. The molecule has 1 N–H and O–H groups in total. The minimum absolute atomic E-state index is 0.120. The van der Waals surface area contributed by atoms with E-state index in [1.165, 1.54) is 24.0 Å². The van der Waals surface area contributed by atoms with Crippen LogP contribution in [0.2, 0.25) is 0 Å². The largest absolute Gasteiger partial charge is 0.382 e. The van der Waals surface area contributed by atoms with Gasteiger partial charge in [0, 0.05) is 17.6 Å². The molecule has 0 bridgehead atoms. The van der Waals surface area contributed by atoms with Crippen LogP contribution in [-0.4, -0.2) is 30.6 Å². The highest BCUT2D eigenvalue weighted by atomic mass is 32.2. The summed E-state index contributed by atoms with van der Waals surface area (Å²) in [5.74, 6) is -0.338. The van der Waals surface area contributed by atoms with Crippen LogP contribution in [0, 0.1) is 5.82 Å². The van der Waals surface area contributed by atoms with Crippen molar-refractivity contribution in [2.75, 3.05) is 5.75 Å². The lowest BCUT2D eigenvalue weighted by molar-refractivity contribution is 0.183. The van der Waals surface area contributed by atoms with Gasteiger partial charge in [0.05, 0.1) is 12.3 Å². The van der Waals surface area contributed by atoms with Gasteiger partial charge in [-0.1, -0.05) is 30.3 Å². The van der Waals surface area contributed by atoms with E-state index in [1.54, 1.807) is 36.4 Å². The van der Waals surface area contributed by atoms with Crippen molar-refractivity contribution < 1.29 is 21.8 Å². The molecule has 6 nitrogen and oxygen atoms in total. The molecule has 0 atom stereocenters. The lowest BCUT2D eigenvalue weighted by Crippen LogP contribution is -2.48. The van der Waals surface area contributed by atoms with Gasteiger partial charge in [-0.25, -0.2) is 9.18 Å². The number of amides is 2. The second-order valence-corrected chi connectivity index (χ2v) is 9.56. The van der Waals surface area contributed by atoms with Crippen molar-refractivity contribution in [3.05, 3.63) is 65.5 Å². The van der Waals surface area contributed by atoms with Gasteiger partial charge < -0.3 is 14.4 Å². The molecule has 29 heavy (non-hydrogen) atoms. The van der Waals surface area contributed by atoms with Gasteiger partial charge in [0.1, 0.15) is 11.6 Å². The number of halogens is 1. The van der Waals surface area contributed by atoms with E-state index in [4.69, 9.17) is 4.18 Å². The Labute approximate surface area is 171 Å². The first kappa shape index (κ1) is 22.7. The maximum atomic E-state index is 13.2. The molecule has 0 spiro atoms. The van der Waals surface area contributed by atoms with E-state index in [9.17, 15) is 17.6 Å². The molecule has 2 amide bonds. The fourth-order valence-corrected chi connectivity index (χ4v) is 3.08. The van der Waals surface area contributed by atoms with Crippen molar-refractivity contribution in [1.82, 2.24) is 10.2 Å². The molecule has 0 aliphatic rings. The second-order valence-electron chi connectivity index (χ2n) is 7.70. The maximum Gasteiger partial charge on any atom is 0.318 e. The van der Waals surface area contributed by atoms with Crippen molar-refractivity contribution in [2.45, 2.75) is 46.3 Å². The van der Waals surface area contributed by atoms with Crippen LogP contribution in [0.3, 0.4) is 0 Å². The maximum absolute atomic E-state index is 13.2. The van der Waals surface area contributed by atoms with Gasteiger partial charge in [0.25, 0.3) is 0 Å². The van der Waals surface area contributed by atoms with Gasteiger partial charge in [0.15, 0.2) is 0 Å². The number of rotatable bonds is 7. The van der Waals surface area contributed by atoms with E-state index >= 15 is 0 Å². The van der Waals surface area contributed by atoms with Gasteiger partial charge in [-0.3, -0.25) is 0 Å². The van der Waals surface area contributed by atoms with E-state index in [0.717, 1.165) is 5.56 Å². The molecule has 158 valence electrons. The molecule has 2 aromatic carbocycles. The number of carbonyl (C=O) groups is 1. The lowest BCUT2D eigenvalue weighted by Gasteiger charge is -2.29. The lowest BCUT2D eigenvalue weighted by atomic mass is 10.1. The molecule has 0 heterocycles. The second kappa shape index (κ2) is 9.26. The van der Waals surface area contributed by atoms with Crippen LogP contribution in [0.5, 0.6) is 5.75 Å². The zero-order valence-corrected chi connectivity index (χ0v) is 17.9. The summed E-state index contributed by atoms with van der Waals surface area (Å²) in [7, 11) is -3.70. The highest BCUT2D eigenvalue weighted by Crippen LogP contribution is 2.23. The quantitative estimate of drug-likeness (QED) is 0.683. The Hall–Kier alpha value is -2.61. The highest BCUT2D eigenvalue weighted by Gasteiger charge is 2.22. The van der Waals surface area contributed by atoms with Gasteiger partial charge in [-0.05, 0) is 51.5 Å². The van der Waals surface area contributed by atoms with Crippen LogP contribution in [-0.2, 0) is 23.2 Å². The Morgan fingerprint density at radius 2 is 1.69 bits per heavy atom. The first-order valence-electron chi connectivity index (χ1n) is 9.30. The Balaban J connectivity index is 2.32. The summed E-state index contributed by atoms with van der Waals surface area (Å²) in [5.41, 5.74) is 0.838. The standard InChI is InChI=1S/C21H27FN2O4S/c1-5-29(26,27)28-19-9-7-6-8-17(19)15-24(20(25)23-21(2,3)4)14-16-10-12-18(22)13-11-16/h6-13H,5,14-15H2,1-4H3,(H,23,25). The summed E-state index contributed by atoms with van der Waals surface area (Å²) in [6.45, 7) is 7.44. The van der Waals surface area contributed by atoms with Crippen LogP contribution in [0.25, 0.3) is 0 Å². The third-order valence-electron chi connectivity index (χ3n) is 3.96. The van der Waals surface area contributed by atoms with Crippen molar-refractivity contribution in [2.24, 2.45) is 0 Å². The average molecular weight is 423 g/mol. The van der Waals surface area contributed by atoms with Crippen LogP contribution in [0.15, 0.2) is 48.5 Å². The number of benzene rings is 2. The number of hydrogen-bond donors (Lipinski definition) is 1. The number of carbonyl (C=O) groups excluding carboxylic acids is 1. The van der Waals surface area contributed by atoms with E-state index < -0.39 is 15.7 Å². The van der Waals surface area contributed by atoms with Crippen molar-refractivity contribution in [3.8, 4) is 5.75 Å². The molecule has 2 rings (SSSR count). The molecule has 0 saturated heterocycles.